The fourth-order valence-electron chi connectivity index (χ4n) is 1.90. The average molecular weight is 228 g/mol. The predicted octanol–water partition coefficient (Wildman–Crippen LogP) is 0.997. The first-order valence-corrected chi connectivity index (χ1v) is 5.93. The Morgan fingerprint density at radius 3 is 2.62 bits per heavy atom. The molecule has 0 spiro atoms. The van der Waals surface area contributed by atoms with Crippen molar-refractivity contribution in [2.45, 2.75) is 45.8 Å². The number of carbonyl (C=O) groups is 1. The molecule has 0 aromatic heterocycles. The number of ether oxygens (including phenoxy) is 1. The van der Waals surface area contributed by atoms with E-state index < -0.39 is 6.04 Å². The van der Waals surface area contributed by atoms with Crippen molar-refractivity contribution < 1.29 is 9.53 Å². The van der Waals surface area contributed by atoms with Gasteiger partial charge in [-0.2, -0.15) is 0 Å². The molecule has 1 heterocycles. The van der Waals surface area contributed by atoms with Gasteiger partial charge in [0, 0.05) is 20.2 Å². The summed E-state index contributed by atoms with van der Waals surface area (Å²) in [5.41, 5.74) is 5.80. The molecule has 0 aromatic carbocycles. The van der Waals surface area contributed by atoms with Crippen molar-refractivity contribution in [3.8, 4) is 0 Å². The molecular weight excluding hydrogens is 204 g/mol. The molecule has 1 unspecified atom stereocenters. The van der Waals surface area contributed by atoms with Gasteiger partial charge in [0.2, 0.25) is 5.91 Å². The van der Waals surface area contributed by atoms with E-state index in [-0.39, 0.29) is 17.4 Å². The van der Waals surface area contributed by atoms with Gasteiger partial charge in [-0.05, 0) is 18.3 Å². The number of carbonyl (C=O) groups excluding carboxylic acids is 1. The van der Waals surface area contributed by atoms with Crippen molar-refractivity contribution in [2.75, 3.05) is 20.2 Å². The van der Waals surface area contributed by atoms with E-state index in [2.05, 4.69) is 0 Å². The van der Waals surface area contributed by atoms with Crippen LogP contribution in [0.3, 0.4) is 0 Å². The normalized spacial score (nSPS) is 24.3. The van der Waals surface area contributed by atoms with Gasteiger partial charge in [-0.3, -0.25) is 4.79 Å². The topological polar surface area (TPSA) is 55.6 Å². The maximum Gasteiger partial charge on any atom is 0.240 e. The zero-order valence-corrected chi connectivity index (χ0v) is 10.8. The summed E-state index contributed by atoms with van der Waals surface area (Å²) in [6, 6.07) is -0.428. The summed E-state index contributed by atoms with van der Waals surface area (Å²) >= 11 is 0. The lowest BCUT2D eigenvalue weighted by atomic mass is 9.86. The molecule has 0 bridgehead atoms. The average Bonchev–Trinajstić information content (AvgIpc) is 2.26. The predicted molar refractivity (Wildman–Crippen MR) is 64.0 cm³/mol. The molecule has 0 aromatic rings. The number of nitrogens with two attached hydrogens (primary N) is 1. The van der Waals surface area contributed by atoms with E-state index in [4.69, 9.17) is 10.5 Å². The molecule has 0 saturated carbocycles. The minimum Gasteiger partial charge on any atom is -0.380 e. The molecule has 1 rings (SSSR count). The summed E-state index contributed by atoms with van der Waals surface area (Å²) in [5, 5.41) is 0. The SMILES string of the molecule is COC1CCCN(C(=O)[C@H](N)C(C)(C)C)C1. The lowest BCUT2D eigenvalue weighted by molar-refractivity contribution is -0.138. The highest BCUT2D eigenvalue weighted by Crippen LogP contribution is 2.21. The zero-order chi connectivity index (χ0) is 12.3. The number of nitrogens with zero attached hydrogens (tertiary/aromatic N) is 1. The maximum atomic E-state index is 12.2. The molecule has 94 valence electrons. The van der Waals surface area contributed by atoms with E-state index >= 15 is 0 Å². The minimum atomic E-state index is -0.428. The highest BCUT2D eigenvalue weighted by molar-refractivity contribution is 5.82. The van der Waals surface area contributed by atoms with E-state index in [9.17, 15) is 4.79 Å². The van der Waals surface area contributed by atoms with Crippen LogP contribution in [0.1, 0.15) is 33.6 Å². The van der Waals surface area contributed by atoms with Gasteiger partial charge in [-0.25, -0.2) is 0 Å². The van der Waals surface area contributed by atoms with Crippen LogP contribution in [0.5, 0.6) is 0 Å². The van der Waals surface area contributed by atoms with E-state index in [1.54, 1.807) is 7.11 Å². The van der Waals surface area contributed by atoms with Crippen LogP contribution < -0.4 is 5.73 Å². The molecule has 0 aliphatic carbocycles. The molecule has 2 atom stereocenters. The number of hydrogen-bond acceptors (Lipinski definition) is 3. The molecule has 1 amide bonds. The molecule has 0 radical (unpaired) electrons. The Labute approximate surface area is 98.1 Å². The quantitative estimate of drug-likeness (QED) is 0.767. The Balaban J connectivity index is 2.60. The summed E-state index contributed by atoms with van der Waals surface area (Å²) < 4.78 is 5.30. The number of amides is 1. The van der Waals surface area contributed by atoms with Crippen LogP contribution >= 0.6 is 0 Å². The van der Waals surface area contributed by atoms with Crippen LogP contribution in [0.15, 0.2) is 0 Å². The minimum absolute atomic E-state index is 0.0502. The van der Waals surface area contributed by atoms with E-state index in [0.29, 0.717) is 6.54 Å². The van der Waals surface area contributed by atoms with Gasteiger partial charge in [-0.15, -0.1) is 0 Å². The van der Waals surface area contributed by atoms with Crippen molar-refractivity contribution >= 4 is 5.91 Å². The third-order valence-electron chi connectivity index (χ3n) is 3.22. The summed E-state index contributed by atoms with van der Waals surface area (Å²) in [6.45, 7) is 7.47. The fourth-order valence-corrected chi connectivity index (χ4v) is 1.90. The summed E-state index contributed by atoms with van der Waals surface area (Å²) in [6.07, 6.45) is 2.21. The maximum absolute atomic E-state index is 12.2. The molecule has 1 aliphatic rings. The van der Waals surface area contributed by atoms with Gasteiger partial charge in [0.05, 0.1) is 12.1 Å². The summed E-state index contributed by atoms with van der Waals surface area (Å²) in [4.78, 5) is 14.0. The molecule has 16 heavy (non-hydrogen) atoms. The van der Waals surface area contributed by atoms with Crippen molar-refractivity contribution in [1.29, 1.82) is 0 Å². The second-order valence-electron chi connectivity index (χ2n) is 5.63. The second kappa shape index (κ2) is 5.15. The van der Waals surface area contributed by atoms with Crippen molar-refractivity contribution in [3.63, 3.8) is 0 Å². The lowest BCUT2D eigenvalue weighted by Crippen LogP contribution is -2.53. The summed E-state index contributed by atoms with van der Waals surface area (Å²) in [5.74, 6) is 0.0502. The molecule has 1 aliphatic heterocycles. The van der Waals surface area contributed by atoms with E-state index in [1.807, 2.05) is 25.7 Å². The molecule has 4 heteroatoms. The first-order chi connectivity index (χ1) is 7.36. The number of methoxy groups -OCH3 is 1. The largest absolute Gasteiger partial charge is 0.380 e. The van der Waals surface area contributed by atoms with Gasteiger partial charge >= 0.3 is 0 Å². The van der Waals surface area contributed by atoms with Gasteiger partial charge in [0.1, 0.15) is 0 Å². The van der Waals surface area contributed by atoms with Crippen LogP contribution in [-0.4, -0.2) is 43.2 Å². The van der Waals surface area contributed by atoms with Gasteiger partial charge in [-0.1, -0.05) is 20.8 Å². The molecular formula is C12H24N2O2. The third-order valence-corrected chi connectivity index (χ3v) is 3.22. The zero-order valence-electron chi connectivity index (χ0n) is 10.8. The van der Waals surface area contributed by atoms with Crippen LogP contribution in [-0.2, 0) is 9.53 Å². The third kappa shape index (κ3) is 3.19. The van der Waals surface area contributed by atoms with Gasteiger partial charge in [0.25, 0.3) is 0 Å². The molecule has 1 fully saturated rings. The van der Waals surface area contributed by atoms with Crippen molar-refractivity contribution in [1.82, 2.24) is 4.90 Å². The number of rotatable bonds is 2. The first-order valence-electron chi connectivity index (χ1n) is 5.93. The monoisotopic (exact) mass is 228 g/mol. The highest BCUT2D eigenvalue weighted by atomic mass is 16.5. The first kappa shape index (κ1) is 13.5. The number of piperidine rings is 1. The molecule has 2 N–H and O–H groups in total. The number of likely N-dealkylation sites (tertiary alicyclic amines) is 1. The van der Waals surface area contributed by atoms with Crippen LogP contribution in [0.2, 0.25) is 0 Å². The second-order valence-corrected chi connectivity index (χ2v) is 5.63. The van der Waals surface area contributed by atoms with Crippen LogP contribution in [0, 0.1) is 5.41 Å². The highest BCUT2D eigenvalue weighted by Gasteiger charge is 2.33. The number of hydrogen-bond donors (Lipinski definition) is 1. The van der Waals surface area contributed by atoms with Crippen LogP contribution in [0.25, 0.3) is 0 Å². The van der Waals surface area contributed by atoms with Crippen molar-refractivity contribution in [3.05, 3.63) is 0 Å². The van der Waals surface area contributed by atoms with Gasteiger partial charge < -0.3 is 15.4 Å². The van der Waals surface area contributed by atoms with Crippen molar-refractivity contribution in [2.24, 2.45) is 11.1 Å². The Bertz CT molecular complexity index is 248. The Hall–Kier alpha value is -0.610. The Morgan fingerprint density at radius 2 is 2.12 bits per heavy atom. The van der Waals surface area contributed by atoms with E-state index in [0.717, 1.165) is 19.4 Å². The van der Waals surface area contributed by atoms with Gasteiger partial charge in [0.15, 0.2) is 0 Å². The Morgan fingerprint density at radius 1 is 1.50 bits per heavy atom. The van der Waals surface area contributed by atoms with Crippen LogP contribution in [0.4, 0.5) is 0 Å². The standard InChI is InChI=1S/C12H24N2O2/c1-12(2,3)10(13)11(15)14-7-5-6-9(8-14)16-4/h9-10H,5-8,13H2,1-4H3/t9?,10-/m0/s1. The fraction of sp³-hybridized carbons (Fsp3) is 0.917. The summed E-state index contributed by atoms with van der Waals surface area (Å²) in [7, 11) is 1.70. The smallest absolute Gasteiger partial charge is 0.240 e. The molecule has 4 nitrogen and oxygen atoms in total. The molecule has 1 saturated heterocycles. The lowest BCUT2D eigenvalue weighted by Gasteiger charge is -2.36. The van der Waals surface area contributed by atoms with E-state index in [1.165, 1.54) is 0 Å². The Kier molecular flexibility index (Phi) is 4.33.